The zero-order valence-electron chi connectivity index (χ0n) is 30.6. The summed E-state index contributed by atoms with van der Waals surface area (Å²) in [6, 6.07) is 19.9. The first kappa shape index (κ1) is 39.0. The molecule has 53 heavy (non-hydrogen) atoms. The second-order valence-electron chi connectivity index (χ2n) is 14.4. The molecular weight excluding hydrogens is 672 g/mol. The van der Waals surface area contributed by atoms with Crippen molar-refractivity contribution in [3.63, 3.8) is 0 Å². The maximum absolute atomic E-state index is 14.2. The van der Waals surface area contributed by atoms with Gasteiger partial charge in [0.05, 0.1) is 24.9 Å². The van der Waals surface area contributed by atoms with Crippen LogP contribution in [0.4, 0.5) is 4.79 Å². The van der Waals surface area contributed by atoms with Gasteiger partial charge in [0.25, 0.3) is 0 Å². The molecule has 3 aromatic carbocycles. The number of fused-ring (bicyclic) bond motifs is 1. The molecular formula is C41H52N6O6. The van der Waals surface area contributed by atoms with Crippen molar-refractivity contribution < 1.29 is 29.0 Å². The molecule has 0 saturated heterocycles. The van der Waals surface area contributed by atoms with Gasteiger partial charge in [-0.2, -0.15) is 0 Å². The molecule has 0 aliphatic heterocycles. The van der Waals surface area contributed by atoms with Crippen molar-refractivity contribution in [2.45, 2.75) is 109 Å². The number of carbonyl (C=O) groups excluding carboxylic acids is 4. The lowest BCUT2D eigenvalue weighted by Crippen LogP contribution is -2.57. The highest BCUT2D eigenvalue weighted by atomic mass is 16.5. The Labute approximate surface area is 310 Å². The largest absolute Gasteiger partial charge is 0.445 e. The van der Waals surface area contributed by atoms with Gasteiger partial charge in [-0.05, 0) is 47.1 Å². The third kappa shape index (κ3) is 12.2. The molecule has 0 bridgehead atoms. The first-order valence-electron chi connectivity index (χ1n) is 18.6. The van der Waals surface area contributed by atoms with Crippen molar-refractivity contribution in [1.29, 1.82) is 0 Å². The van der Waals surface area contributed by atoms with Gasteiger partial charge in [0.2, 0.25) is 17.7 Å². The van der Waals surface area contributed by atoms with E-state index in [9.17, 15) is 24.3 Å². The van der Waals surface area contributed by atoms with Gasteiger partial charge in [0, 0.05) is 30.8 Å². The van der Waals surface area contributed by atoms with Gasteiger partial charge >= 0.3 is 6.09 Å². The number of ether oxygens (including phenoxy) is 1. The summed E-state index contributed by atoms with van der Waals surface area (Å²) in [7, 11) is 0. The topological polar surface area (TPSA) is 175 Å². The van der Waals surface area contributed by atoms with Crippen LogP contribution in [0.1, 0.15) is 75.6 Å². The summed E-state index contributed by atoms with van der Waals surface area (Å²) in [6.45, 7) is 3.95. The molecule has 4 aromatic rings. The number of aliphatic hydroxyl groups excluding tert-OH is 1. The predicted molar refractivity (Wildman–Crippen MR) is 202 cm³/mol. The summed E-state index contributed by atoms with van der Waals surface area (Å²) < 4.78 is 5.48. The van der Waals surface area contributed by atoms with E-state index in [1.54, 1.807) is 6.20 Å². The van der Waals surface area contributed by atoms with Crippen LogP contribution in [-0.4, -0.2) is 69.2 Å². The van der Waals surface area contributed by atoms with Crippen LogP contribution in [0.5, 0.6) is 0 Å². The number of nitrogens with one attached hydrogen (secondary N) is 5. The Balaban J connectivity index is 1.33. The van der Waals surface area contributed by atoms with Crippen molar-refractivity contribution in [3.05, 3.63) is 102 Å². The minimum absolute atomic E-state index is 0.0123. The Morgan fingerprint density at radius 3 is 2.28 bits per heavy atom. The number of aliphatic hydroxyl groups is 1. The molecule has 2 unspecified atom stereocenters. The molecule has 1 heterocycles. The Bertz CT molecular complexity index is 1770. The Hall–Kier alpha value is -5.23. The van der Waals surface area contributed by atoms with Gasteiger partial charge in [0.1, 0.15) is 18.7 Å². The van der Waals surface area contributed by atoms with Crippen LogP contribution in [0.25, 0.3) is 10.8 Å². The Morgan fingerprint density at radius 1 is 0.849 bits per heavy atom. The summed E-state index contributed by atoms with van der Waals surface area (Å²) in [5, 5.41) is 24.7. The maximum Gasteiger partial charge on any atom is 0.408 e. The Kier molecular flexibility index (Phi) is 14.4. The number of carbonyl (C=O) groups is 4. The maximum atomic E-state index is 14.2. The number of rotatable bonds is 17. The fourth-order valence-electron chi connectivity index (χ4n) is 6.87. The zero-order valence-corrected chi connectivity index (χ0v) is 30.6. The molecule has 1 aliphatic carbocycles. The van der Waals surface area contributed by atoms with Crippen LogP contribution in [0.2, 0.25) is 0 Å². The molecule has 4 amide bonds. The second kappa shape index (κ2) is 19.6. The van der Waals surface area contributed by atoms with Gasteiger partial charge in [-0.1, -0.05) is 106 Å². The number of hydrogen-bond donors (Lipinski definition) is 6. The van der Waals surface area contributed by atoms with E-state index in [0.29, 0.717) is 12.1 Å². The summed E-state index contributed by atoms with van der Waals surface area (Å²) in [5.41, 5.74) is 2.21. The molecule has 282 valence electrons. The molecule has 1 aliphatic rings. The van der Waals surface area contributed by atoms with E-state index in [2.05, 4.69) is 31.2 Å². The lowest BCUT2D eigenvalue weighted by Gasteiger charge is -2.29. The second-order valence-corrected chi connectivity index (χ2v) is 14.4. The monoisotopic (exact) mass is 724 g/mol. The lowest BCUT2D eigenvalue weighted by atomic mass is 9.94. The molecule has 5 rings (SSSR count). The number of nitrogens with zero attached hydrogens (tertiary/aromatic N) is 1. The van der Waals surface area contributed by atoms with Crippen LogP contribution in [0, 0.1) is 5.92 Å². The molecule has 4 atom stereocenters. The van der Waals surface area contributed by atoms with Gasteiger partial charge in [-0.3, -0.25) is 14.4 Å². The van der Waals surface area contributed by atoms with Crippen LogP contribution in [0.15, 0.2) is 85.3 Å². The van der Waals surface area contributed by atoms with Crippen molar-refractivity contribution in [3.8, 4) is 0 Å². The van der Waals surface area contributed by atoms with Crippen LogP contribution in [-0.2, 0) is 38.6 Å². The fourth-order valence-corrected chi connectivity index (χ4v) is 6.87. The number of aromatic nitrogens is 2. The molecule has 1 saturated carbocycles. The first-order valence-corrected chi connectivity index (χ1v) is 18.6. The number of imidazole rings is 1. The third-order valence-electron chi connectivity index (χ3n) is 9.62. The minimum Gasteiger partial charge on any atom is -0.445 e. The van der Waals surface area contributed by atoms with Crippen LogP contribution in [0.3, 0.4) is 0 Å². The molecule has 0 spiro atoms. The molecule has 12 nitrogen and oxygen atoms in total. The van der Waals surface area contributed by atoms with E-state index in [4.69, 9.17) is 4.74 Å². The number of alkyl carbamates (subject to hydrolysis) is 1. The average Bonchev–Trinajstić information content (AvgIpc) is 3.67. The SMILES string of the molecule is CC(C)CC(NC(=O)[C@H](Cc1cnc[nH]1)NC(=O)[C@H](Cc1cccc2ccccc12)NC(=O)OCc1ccccc1)C(O)CC(=O)NC1CCCCC1. The highest BCUT2D eigenvalue weighted by Gasteiger charge is 2.32. The smallest absolute Gasteiger partial charge is 0.408 e. The average molecular weight is 725 g/mol. The van der Waals surface area contributed by atoms with Gasteiger partial charge in [-0.25, -0.2) is 9.78 Å². The van der Waals surface area contributed by atoms with E-state index in [0.717, 1.165) is 54.0 Å². The highest BCUT2D eigenvalue weighted by Crippen LogP contribution is 2.21. The lowest BCUT2D eigenvalue weighted by molar-refractivity contribution is -0.131. The van der Waals surface area contributed by atoms with Crippen LogP contribution >= 0.6 is 0 Å². The van der Waals surface area contributed by atoms with Crippen molar-refractivity contribution >= 4 is 34.6 Å². The van der Waals surface area contributed by atoms with Gasteiger partial charge in [0.15, 0.2) is 0 Å². The van der Waals surface area contributed by atoms with Gasteiger partial charge < -0.3 is 36.1 Å². The molecule has 6 N–H and O–H groups in total. The molecule has 1 aromatic heterocycles. The quantitative estimate of drug-likeness (QED) is 0.0902. The molecule has 12 heteroatoms. The van der Waals surface area contributed by atoms with Gasteiger partial charge in [-0.15, -0.1) is 0 Å². The van der Waals surface area contributed by atoms with E-state index in [1.807, 2.05) is 86.6 Å². The molecule has 1 fully saturated rings. The van der Waals surface area contributed by atoms with Crippen molar-refractivity contribution in [2.24, 2.45) is 5.92 Å². The van der Waals surface area contributed by atoms with E-state index in [1.165, 1.54) is 6.33 Å². The normalized spacial score (nSPS) is 15.5. The van der Waals surface area contributed by atoms with Crippen LogP contribution < -0.4 is 21.3 Å². The fraction of sp³-hybridized carbons (Fsp3) is 0.439. The number of amides is 4. The van der Waals surface area contributed by atoms with E-state index >= 15 is 0 Å². The Morgan fingerprint density at radius 2 is 1.55 bits per heavy atom. The standard InChI is InChI=1S/C41H52N6O6/c1-27(2)20-34(37(48)23-38(49)44-31-17-7-4-8-18-31)45-40(51)36(22-32-24-42-26-43-32)46-39(50)35(47-41(52)53-25-28-12-5-3-6-13-28)21-30-16-11-15-29-14-9-10-19-33(29)30/h3,5-6,9-16,19,24,26-27,31,34-37,48H,4,7-8,17-18,20-23,25H2,1-2H3,(H,42,43)(H,44,49)(H,45,51)(H,46,50)(H,47,52)/t34?,35-,36-,37?/m0/s1. The van der Waals surface area contributed by atoms with E-state index in [-0.39, 0.29) is 43.7 Å². The number of H-pyrrole nitrogens is 1. The number of aromatic amines is 1. The first-order chi connectivity index (χ1) is 25.6. The number of hydrogen-bond acceptors (Lipinski definition) is 7. The minimum atomic E-state index is -1.14. The summed E-state index contributed by atoms with van der Waals surface area (Å²) in [4.78, 5) is 61.3. The van der Waals surface area contributed by atoms with Crippen molar-refractivity contribution in [1.82, 2.24) is 31.2 Å². The van der Waals surface area contributed by atoms with E-state index < -0.39 is 42.1 Å². The predicted octanol–water partition coefficient (Wildman–Crippen LogP) is 4.86. The zero-order chi connectivity index (χ0) is 37.6. The summed E-state index contributed by atoms with van der Waals surface area (Å²) >= 11 is 0. The van der Waals surface area contributed by atoms with Crippen molar-refractivity contribution in [2.75, 3.05) is 0 Å². The summed E-state index contributed by atoms with van der Waals surface area (Å²) in [5.74, 6) is -1.30. The molecule has 0 radical (unpaired) electrons. The third-order valence-corrected chi connectivity index (χ3v) is 9.62. The number of benzene rings is 3. The summed E-state index contributed by atoms with van der Waals surface area (Å²) in [6.07, 6.45) is 6.68. The highest BCUT2D eigenvalue weighted by molar-refractivity contribution is 5.93.